The average molecular weight is 637 g/mol. The van der Waals surface area contributed by atoms with Crippen LogP contribution in [0.15, 0.2) is 121 Å². The second-order valence-corrected chi connectivity index (χ2v) is 12.8. The Balaban J connectivity index is 0.000000188. The SMILES string of the molecule is Cc1cc(C(c2ccccc2)c2ccc(O)c(C)c2)ccc1O.Cc1cc(O)cc(C)c1C(c1ccccc1)c1c(C)cc(O)cc1C. The van der Waals surface area contributed by atoms with E-state index in [4.69, 9.17) is 0 Å². The molecule has 0 bridgehead atoms. The van der Waals surface area contributed by atoms with Crippen molar-refractivity contribution in [2.45, 2.75) is 53.4 Å². The van der Waals surface area contributed by atoms with E-state index in [1.165, 1.54) is 22.3 Å². The first-order valence-electron chi connectivity index (χ1n) is 16.2. The van der Waals surface area contributed by atoms with Crippen molar-refractivity contribution in [1.82, 2.24) is 0 Å². The van der Waals surface area contributed by atoms with Crippen LogP contribution < -0.4 is 0 Å². The van der Waals surface area contributed by atoms with Gasteiger partial charge in [0, 0.05) is 11.8 Å². The molecule has 6 aromatic rings. The molecule has 6 rings (SSSR count). The highest BCUT2D eigenvalue weighted by Gasteiger charge is 2.24. The lowest BCUT2D eigenvalue weighted by Gasteiger charge is -2.26. The third-order valence-electron chi connectivity index (χ3n) is 9.11. The first-order valence-corrected chi connectivity index (χ1v) is 16.2. The Labute approximate surface area is 284 Å². The van der Waals surface area contributed by atoms with Crippen LogP contribution >= 0.6 is 0 Å². The Morgan fingerprint density at radius 3 is 1.00 bits per heavy atom. The number of rotatable bonds is 6. The molecule has 0 atom stereocenters. The Kier molecular flexibility index (Phi) is 10.2. The van der Waals surface area contributed by atoms with Crippen molar-refractivity contribution in [2.75, 3.05) is 0 Å². The molecule has 0 spiro atoms. The van der Waals surface area contributed by atoms with Gasteiger partial charge in [-0.25, -0.2) is 0 Å². The van der Waals surface area contributed by atoms with Crippen LogP contribution in [0.25, 0.3) is 0 Å². The normalized spacial score (nSPS) is 11.0. The summed E-state index contributed by atoms with van der Waals surface area (Å²) in [5, 5.41) is 39.5. The Morgan fingerprint density at radius 2 is 0.667 bits per heavy atom. The molecule has 0 amide bonds. The van der Waals surface area contributed by atoms with Crippen molar-refractivity contribution in [3.63, 3.8) is 0 Å². The highest BCUT2D eigenvalue weighted by atomic mass is 16.3. The summed E-state index contributed by atoms with van der Waals surface area (Å²) in [6, 6.07) is 39.4. The molecule has 0 aromatic heterocycles. The van der Waals surface area contributed by atoms with E-state index in [1.807, 2.05) is 114 Å². The van der Waals surface area contributed by atoms with Crippen LogP contribution in [0.5, 0.6) is 23.0 Å². The van der Waals surface area contributed by atoms with E-state index in [9.17, 15) is 20.4 Å². The van der Waals surface area contributed by atoms with Gasteiger partial charge in [0.25, 0.3) is 0 Å². The summed E-state index contributed by atoms with van der Waals surface area (Å²) >= 11 is 0. The number of phenols is 4. The minimum absolute atomic E-state index is 0.0578. The monoisotopic (exact) mass is 636 g/mol. The molecule has 4 nitrogen and oxygen atoms in total. The Morgan fingerprint density at radius 1 is 0.333 bits per heavy atom. The van der Waals surface area contributed by atoms with Gasteiger partial charge < -0.3 is 20.4 Å². The van der Waals surface area contributed by atoms with E-state index in [0.29, 0.717) is 23.0 Å². The van der Waals surface area contributed by atoms with Crippen LogP contribution in [0.4, 0.5) is 0 Å². The van der Waals surface area contributed by atoms with Crippen LogP contribution in [-0.4, -0.2) is 20.4 Å². The van der Waals surface area contributed by atoms with Gasteiger partial charge in [-0.3, -0.25) is 0 Å². The molecule has 0 radical (unpaired) electrons. The van der Waals surface area contributed by atoms with E-state index in [2.05, 4.69) is 36.4 Å². The van der Waals surface area contributed by atoms with Gasteiger partial charge in [-0.05, 0) is 145 Å². The highest BCUT2D eigenvalue weighted by molar-refractivity contribution is 5.56. The molecule has 0 aliphatic heterocycles. The van der Waals surface area contributed by atoms with E-state index in [1.54, 1.807) is 12.1 Å². The summed E-state index contributed by atoms with van der Waals surface area (Å²) in [7, 11) is 0. The zero-order chi connectivity index (χ0) is 34.5. The predicted octanol–water partition coefficient (Wildman–Crippen LogP) is 10.4. The lowest BCUT2D eigenvalue weighted by molar-refractivity contribution is 0.470. The van der Waals surface area contributed by atoms with E-state index < -0.39 is 0 Å². The summed E-state index contributed by atoms with van der Waals surface area (Å²) in [5.74, 6) is 1.33. The van der Waals surface area contributed by atoms with Crippen LogP contribution in [-0.2, 0) is 0 Å². The van der Waals surface area contributed by atoms with E-state index in [0.717, 1.165) is 44.5 Å². The van der Waals surface area contributed by atoms with Crippen LogP contribution in [0.3, 0.4) is 0 Å². The summed E-state index contributed by atoms with van der Waals surface area (Å²) in [6.07, 6.45) is 0. The Hall–Kier alpha value is -5.48. The first-order chi connectivity index (χ1) is 22.9. The molecular weight excluding hydrogens is 592 g/mol. The summed E-state index contributed by atoms with van der Waals surface area (Å²) in [4.78, 5) is 0. The van der Waals surface area contributed by atoms with Crippen LogP contribution in [0.2, 0.25) is 0 Å². The molecule has 4 N–H and O–H groups in total. The average Bonchev–Trinajstić information content (AvgIpc) is 3.04. The second-order valence-electron chi connectivity index (χ2n) is 12.8. The van der Waals surface area contributed by atoms with Gasteiger partial charge >= 0.3 is 0 Å². The molecule has 0 unspecified atom stereocenters. The molecule has 0 saturated heterocycles. The van der Waals surface area contributed by atoms with Crippen LogP contribution in [0.1, 0.15) is 78.6 Å². The number of aromatic hydroxyl groups is 4. The lowest BCUT2D eigenvalue weighted by atomic mass is 9.77. The third kappa shape index (κ3) is 7.39. The van der Waals surface area contributed by atoms with Crippen LogP contribution in [0, 0.1) is 41.5 Å². The van der Waals surface area contributed by atoms with Gasteiger partial charge in [0.1, 0.15) is 23.0 Å². The molecule has 0 heterocycles. The van der Waals surface area contributed by atoms with Gasteiger partial charge in [0.05, 0.1) is 0 Å². The molecule has 48 heavy (non-hydrogen) atoms. The zero-order valence-corrected chi connectivity index (χ0v) is 28.5. The van der Waals surface area contributed by atoms with Gasteiger partial charge in [0.2, 0.25) is 0 Å². The van der Waals surface area contributed by atoms with Crippen molar-refractivity contribution in [1.29, 1.82) is 0 Å². The van der Waals surface area contributed by atoms with Crippen molar-refractivity contribution in [2.24, 2.45) is 0 Å². The van der Waals surface area contributed by atoms with Crippen molar-refractivity contribution >= 4 is 0 Å². The summed E-state index contributed by atoms with van der Waals surface area (Å²) in [5.41, 5.74) is 13.0. The number of hydrogen-bond donors (Lipinski definition) is 4. The number of aryl methyl sites for hydroxylation is 6. The molecule has 0 saturated carbocycles. The maximum Gasteiger partial charge on any atom is 0.118 e. The molecule has 0 aliphatic rings. The molecule has 6 aromatic carbocycles. The maximum atomic E-state index is 9.95. The minimum Gasteiger partial charge on any atom is -0.508 e. The number of phenolic OH excluding ortho intramolecular Hbond substituents is 4. The second kappa shape index (κ2) is 14.5. The van der Waals surface area contributed by atoms with Crippen molar-refractivity contribution in [3.8, 4) is 23.0 Å². The number of benzene rings is 6. The molecule has 4 heteroatoms. The predicted molar refractivity (Wildman–Crippen MR) is 196 cm³/mol. The van der Waals surface area contributed by atoms with E-state index >= 15 is 0 Å². The lowest BCUT2D eigenvalue weighted by Crippen LogP contribution is -2.10. The molecule has 0 fully saturated rings. The number of hydrogen-bond acceptors (Lipinski definition) is 4. The topological polar surface area (TPSA) is 80.9 Å². The van der Waals surface area contributed by atoms with E-state index in [-0.39, 0.29) is 11.8 Å². The Bertz CT molecular complexity index is 1870. The smallest absolute Gasteiger partial charge is 0.118 e. The molecule has 0 aliphatic carbocycles. The molecule has 244 valence electrons. The van der Waals surface area contributed by atoms with Gasteiger partial charge in [-0.15, -0.1) is 0 Å². The fraction of sp³-hybridized carbons (Fsp3) is 0.182. The van der Waals surface area contributed by atoms with Gasteiger partial charge in [0.15, 0.2) is 0 Å². The largest absolute Gasteiger partial charge is 0.508 e. The fourth-order valence-corrected chi connectivity index (χ4v) is 6.88. The third-order valence-corrected chi connectivity index (χ3v) is 9.11. The summed E-state index contributed by atoms with van der Waals surface area (Å²) in [6.45, 7) is 12.0. The minimum atomic E-state index is 0.0578. The standard InChI is InChI=1S/C23H24O2.C21H20O2/c1-14-10-19(24)11-15(2)21(14)23(18-8-6-5-7-9-18)22-16(3)12-20(25)13-17(22)4;1-14-12-17(8-10-19(14)22)21(16-6-4-3-5-7-16)18-9-11-20(23)15(2)13-18/h5-13,23-25H,1-4H3;3-13,21-23H,1-2H3. The maximum absolute atomic E-state index is 9.95. The van der Waals surface area contributed by atoms with Crippen molar-refractivity contribution in [3.05, 3.63) is 188 Å². The van der Waals surface area contributed by atoms with Gasteiger partial charge in [-0.2, -0.15) is 0 Å². The quantitative estimate of drug-likeness (QED) is 0.137. The first kappa shape index (κ1) is 33.9. The van der Waals surface area contributed by atoms with Crippen molar-refractivity contribution < 1.29 is 20.4 Å². The zero-order valence-electron chi connectivity index (χ0n) is 28.5. The molecular formula is C44H44O4. The fourth-order valence-electron chi connectivity index (χ4n) is 6.88. The van der Waals surface area contributed by atoms with Gasteiger partial charge in [-0.1, -0.05) is 84.9 Å². The summed E-state index contributed by atoms with van der Waals surface area (Å²) < 4.78 is 0. The highest BCUT2D eigenvalue weighted by Crippen LogP contribution is 2.41.